The fourth-order valence-corrected chi connectivity index (χ4v) is 3.26. The summed E-state index contributed by atoms with van der Waals surface area (Å²) in [7, 11) is 1.84. The molecule has 0 amide bonds. The molecule has 0 spiro atoms. The Hall–Kier alpha value is -1.07. The maximum Gasteiger partial charge on any atom is 0.191 e. The fraction of sp³-hybridized carbons (Fsp3) is 0.688. The number of hydrogen-bond acceptors (Lipinski definition) is 3. The summed E-state index contributed by atoms with van der Waals surface area (Å²) in [5.41, 5.74) is 0. The van der Waals surface area contributed by atoms with Gasteiger partial charge in [-0.05, 0) is 43.0 Å². The van der Waals surface area contributed by atoms with Gasteiger partial charge >= 0.3 is 0 Å². The molecule has 116 valence electrons. The molecule has 2 saturated carbocycles. The second-order valence-electron chi connectivity index (χ2n) is 6.10. The Bertz CT molecular complexity index is 449. The number of aliphatic imine (C=N–C) groups is 1. The van der Waals surface area contributed by atoms with Crippen molar-refractivity contribution in [2.75, 3.05) is 26.7 Å². The Morgan fingerprint density at radius 3 is 2.81 bits per heavy atom. The minimum atomic E-state index is 0.853. The molecular weight excluding hydrogens is 280 g/mol. The van der Waals surface area contributed by atoms with Crippen molar-refractivity contribution in [3.05, 3.63) is 22.4 Å². The van der Waals surface area contributed by atoms with Crippen LogP contribution in [0.2, 0.25) is 0 Å². The average Bonchev–Trinajstić information content (AvgIpc) is 3.42. The van der Waals surface area contributed by atoms with E-state index in [1.54, 1.807) is 11.3 Å². The van der Waals surface area contributed by atoms with Gasteiger partial charge in [-0.25, -0.2) is 0 Å². The van der Waals surface area contributed by atoms with E-state index in [1.807, 2.05) is 7.05 Å². The van der Waals surface area contributed by atoms with Crippen molar-refractivity contribution < 1.29 is 0 Å². The molecule has 1 aromatic rings. The van der Waals surface area contributed by atoms with Crippen LogP contribution in [0, 0.1) is 5.92 Å². The van der Waals surface area contributed by atoms with Gasteiger partial charge in [-0.15, -0.1) is 11.3 Å². The van der Waals surface area contributed by atoms with Crippen LogP contribution in [0.15, 0.2) is 22.5 Å². The zero-order valence-electron chi connectivity index (χ0n) is 12.8. The lowest BCUT2D eigenvalue weighted by molar-refractivity contribution is 0.256. The van der Waals surface area contributed by atoms with E-state index >= 15 is 0 Å². The van der Waals surface area contributed by atoms with Gasteiger partial charge in [-0.2, -0.15) is 0 Å². The minimum Gasteiger partial charge on any atom is -0.355 e. The molecule has 0 aromatic carbocycles. The highest BCUT2D eigenvalue weighted by atomic mass is 32.1. The first-order valence-electron chi connectivity index (χ1n) is 8.06. The molecule has 2 aliphatic rings. The normalized spacial score (nSPS) is 19.0. The summed E-state index contributed by atoms with van der Waals surface area (Å²) in [6.07, 6.45) is 5.69. The van der Waals surface area contributed by atoms with Crippen LogP contribution in [-0.4, -0.2) is 43.6 Å². The molecule has 5 heteroatoms. The standard InChI is InChI=1S/C16H26N4S/c1-17-16(19-11-15-3-2-10-21-15)18-8-9-20(14-6-7-14)12-13-4-5-13/h2-3,10,13-14H,4-9,11-12H2,1H3,(H2,17,18,19). The second kappa shape index (κ2) is 7.27. The zero-order chi connectivity index (χ0) is 14.5. The van der Waals surface area contributed by atoms with Crippen LogP contribution in [-0.2, 0) is 6.54 Å². The van der Waals surface area contributed by atoms with E-state index in [9.17, 15) is 0 Å². The second-order valence-corrected chi connectivity index (χ2v) is 7.13. The highest BCUT2D eigenvalue weighted by Gasteiger charge is 2.33. The molecule has 1 aromatic heterocycles. The third-order valence-electron chi connectivity index (χ3n) is 4.18. The van der Waals surface area contributed by atoms with Crippen LogP contribution in [0.25, 0.3) is 0 Å². The SMILES string of the molecule is CN=C(NCCN(CC1CC1)C1CC1)NCc1cccs1. The van der Waals surface area contributed by atoms with Gasteiger partial charge in [0, 0.05) is 37.6 Å². The molecule has 2 aliphatic carbocycles. The summed E-state index contributed by atoms with van der Waals surface area (Å²) in [4.78, 5) is 8.32. The van der Waals surface area contributed by atoms with Crippen molar-refractivity contribution in [3.63, 3.8) is 0 Å². The van der Waals surface area contributed by atoms with Crippen molar-refractivity contribution in [3.8, 4) is 0 Å². The summed E-state index contributed by atoms with van der Waals surface area (Å²) in [5, 5.41) is 8.92. The van der Waals surface area contributed by atoms with Gasteiger partial charge in [0.1, 0.15) is 0 Å². The fourth-order valence-electron chi connectivity index (χ4n) is 2.62. The molecule has 2 N–H and O–H groups in total. The van der Waals surface area contributed by atoms with E-state index in [2.05, 4.69) is 38.0 Å². The average molecular weight is 306 g/mol. The number of nitrogens with zero attached hydrogens (tertiary/aromatic N) is 2. The summed E-state index contributed by atoms with van der Waals surface area (Å²) in [6.45, 7) is 4.29. The maximum absolute atomic E-state index is 4.30. The molecule has 1 heterocycles. The van der Waals surface area contributed by atoms with Crippen molar-refractivity contribution in [2.24, 2.45) is 10.9 Å². The summed E-state index contributed by atoms with van der Waals surface area (Å²) in [5.74, 6) is 1.90. The summed E-state index contributed by atoms with van der Waals surface area (Å²) >= 11 is 1.78. The van der Waals surface area contributed by atoms with Crippen LogP contribution in [0.4, 0.5) is 0 Å². The van der Waals surface area contributed by atoms with Crippen molar-refractivity contribution in [1.82, 2.24) is 15.5 Å². The first-order chi connectivity index (χ1) is 10.3. The van der Waals surface area contributed by atoms with Gasteiger partial charge in [0.25, 0.3) is 0 Å². The van der Waals surface area contributed by atoms with Crippen LogP contribution in [0.3, 0.4) is 0 Å². The smallest absolute Gasteiger partial charge is 0.191 e. The summed E-state index contributed by atoms with van der Waals surface area (Å²) < 4.78 is 0. The van der Waals surface area contributed by atoms with E-state index in [1.165, 1.54) is 37.1 Å². The number of rotatable bonds is 8. The Labute approximate surface area is 131 Å². The minimum absolute atomic E-state index is 0.853. The first kappa shape index (κ1) is 14.9. The van der Waals surface area contributed by atoms with Gasteiger partial charge in [-0.3, -0.25) is 9.89 Å². The Balaban J connectivity index is 1.35. The number of thiophene rings is 1. The lowest BCUT2D eigenvalue weighted by Crippen LogP contribution is -2.42. The molecule has 0 saturated heterocycles. The summed E-state index contributed by atoms with van der Waals surface area (Å²) in [6, 6.07) is 5.10. The number of hydrogen-bond donors (Lipinski definition) is 2. The zero-order valence-corrected chi connectivity index (χ0v) is 13.7. The van der Waals surface area contributed by atoms with Crippen molar-refractivity contribution in [1.29, 1.82) is 0 Å². The van der Waals surface area contributed by atoms with Crippen LogP contribution in [0.1, 0.15) is 30.6 Å². The molecule has 21 heavy (non-hydrogen) atoms. The largest absolute Gasteiger partial charge is 0.355 e. The quantitative estimate of drug-likeness (QED) is 0.572. The van der Waals surface area contributed by atoms with E-state index in [0.29, 0.717) is 0 Å². The first-order valence-corrected chi connectivity index (χ1v) is 8.94. The molecular formula is C16H26N4S. The van der Waals surface area contributed by atoms with Crippen molar-refractivity contribution in [2.45, 2.75) is 38.3 Å². The highest BCUT2D eigenvalue weighted by Crippen LogP contribution is 2.34. The Morgan fingerprint density at radius 1 is 1.33 bits per heavy atom. The molecule has 3 rings (SSSR count). The topological polar surface area (TPSA) is 39.7 Å². The Morgan fingerprint density at radius 2 is 2.19 bits per heavy atom. The molecule has 0 atom stereocenters. The van der Waals surface area contributed by atoms with E-state index in [4.69, 9.17) is 0 Å². The van der Waals surface area contributed by atoms with Crippen LogP contribution < -0.4 is 10.6 Å². The predicted molar refractivity (Wildman–Crippen MR) is 89.8 cm³/mol. The van der Waals surface area contributed by atoms with Gasteiger partial charge in [-0.1, -0.05) is 6.07 Å². The number of guanidine groups is 1. The highest BCUT2D eigenvalue weighted by molar-refractivity contribution is 7.09. The third kappa shape index (κ3) is 5.00. The van der Waals surface area contributed by atoms with Crippen LogP contribution in [0.5, 0.6) is 0 Å². The molecule has 0 aliphatic heterocycles. The molecule has 2 fully saturated rings. The van der Waals surface area contributed by atoms with Gasteiger partial charge in [0.05, 0.1) is 6.54 Å². The monoisotopic (exact) mass is 306 g/mol. The molecule has 0 bridgehead atoms. The lowest BCUT2D eigenvalue weighted by Gasteiger charge is -2.22. The molecule has 4 nitrogen and oxygen atoms in total. The van der Waals surface area contributed by atoms with E-state index < -0.39 is 0 Å². The lowest BCUT2D eigenvalue weighted by atomic mass is 10.3. The number of nitrogens with one attached hydrogen (secondary N) is 2. The molecule has 0 radical (unpaired) electrons. The Kier molecular flexibility index (Phi) is 5.14. The van der Waals surface area contributed by atoms with E-state index in [-0.39, 0.29) is 0 Å². The van der Waals surface area contributed by atoms with E-state index in [0.717, 1.165) is 37.6 Å². The third-order valence-corrected chi connectivity index (χ3v) is 5.05. The predicted octanol–water partition coefficient (Wildman–Crippen LogP) is 2.29. The maximum atomic E-state index is 4.30. The van der Waals surface area contributed by atoms with Crippen molar-refractivity contribution >= 4 is 17.3 Å². The molecule has 0 unspecified atom stereocenters. The van der Waals surface area contributed by atoms with Gasteiger partial charge in [0.15, 0.2) is 5.96 Å². The van der Waals surface area contributed by atoms with Crippen LogP contribution >= 0.6 is 11.3 Å². The van der Waals surface area contributed by atoms with Gasteiger partial charge < -0.3 is 10.6 Å². The van der Waals surface area contributed by atoms with Gasteiger partial charge in [0.2, 0.25) is 0 Å².